The fourth-order valence-corrected chi connectivity index (χ4v) is 5.54. The third-order valence-corrected chi connectivity index (χ3v) is 7.97. The molecule has 9 heteroatoms. The van der Waals surface area contributed by atoms with Gasteiger partial charge in [0.05, 0.1) is 10.8 Å². The second kappa shape index (κ2) is 8.89. The Balaban J connectivity index is 1.56. The predicted octanol–water partition coefficient (Wildman–Crippen LogP) is 1.37. The van der Waals surface area contributed by atoms with E-state index in [9.17, 15) is 13.2 Å². The van der Waals surface area contributed by atoms with E-state index in [1.165, 1.54) is 28.7 Å². The summed E-state index contributed by atoms with van der Waals surface area (Å²) in [5.41, 5.74) is 0. The highest BCUT2D eigenvalue weighted by atomic mass is 32.2. The topological polar surface area (TPSA) is 73.8 Å². The van der Waals surface area contributed by atoms with E-state index in [-0.39, 0.29) is 10.8 Å². The lowest BCUT2D eigenvalue weighted by atomic mass is 10.0. The number of hydrogen-bond acceptors (Lipinski definition) is 6. The van der Waals surface area contributed by atoms with E-state index in [0.717, 1.165) is 32.6 Å². The monoisotopic (exact) mass is 412 g/mol. The number of piperazine rings is 1. The average molecular weight is 413 g/mol. The molecule has 0 aromatic carbocycles. The van der Waals surface area contributed by atoms with Crippen LogP contribution in [-0.2, 0) is 14.8 Å². The Bertz CT molecular complexity index is 746. The number of piperidine rings is 1. The van der Waals surface area contributed by atoms with Crippen molar-refractivity contribution in [3.63, 3.8) is 0 Å². The molecule has 2 fully saturated rings. The van der Waals surface area contributed by atoms with Gasteiger partial charge in [-0.05, 0) is 37.9 Å². The smallest absolute Gasteiger partial charge is 0.244 e. The van der Waals surface area contributed by atoms with Crippen LogP contribution in [0.4, 0.5) is 0 Å². The first-order valence-electron chi connectivity index (χ1n) is 9.41. The van der Waals surface area contributed by atoms with Crippen molar-refractivity contribution >= 4 is 27.7 Å². The highest BCUT2D eigenvalue weighted by Gasteiger charge is 2.27. The summed E-state index contributed by atoms with van der Waals surface area (Å²) in [4.78, 5) is 20.9. The van der Waals surface area contributed by atoms with Crippen LogP contribution in [0, 0.1) is 5.92 Å². The maximum absolute atomic E-state index is 12.7. The molecule has 2 saturated heterocycles. The summed E-state index contributed by atoms with van der Waals surface area (Å²) in [7, 11) is -1.51. The first-order valence-corrected chi connectivity index (χ1v) is 11.8. The Hall–Kier alpha value is -1.16. The number of amides is 1. The van der Waals surface area contributed by atoms with Crippen molar-refractivity contribution < 1.29 is 13.2 Å². The maximum atomic E-state index is 12.7. The predicted molar refractivity (Wildman–Crippen MR) is 106 cm³/mol. The van der Waals surface area contributed by atoms with Crippen molar-refractivity contribution in [1.82, 2.24) is 19.1 Å². The van der Waals surface area contributed by atoms with Gasteiger partial charge in [-0.1, -0.05) is 18.7 Å². The first-order chi connectivity index (χ1) is 12.9. The molecule has 0 saturated carbocycles. The van der Waals surface area contributed by atoms with Crippen molar-refractivity contribution in [2.75, 3.05) is 52.1 Å². The number of thioether (sulfide) groups is 1. The lowest BCUT2D eigenvalue weighted by Crippen LogP contribution is -2.47. The highest BCUT2D eigenvalue weighted by molar-refractivity contribution is 7.99. The van der Waals surface area contributed by atoms with E-state index in [1.807, 2.05) is 11.9 Å². The largest absolute Gasteiger partial charge is 0.342 e. The van der Waals surface area contributed by atoms with Gasteiger partial charge in [-0.25, -0.2) is 13.4 Å². The zero-order valence-corrected chi connectivity index (χ0v) is 17.6. The van der Waals surface area contributed by atoms with Crippen LogP contribution < -0.4 is 0 Å². The summed E-state index contributed by atoms with van der Waals surface area (Å²) in [6, 6.07) is 3.29. The van der Waals surface area contributed by atoms with E-state index in [1.54, 1.807) is 12.1 Å². The number of rotatable bonds is 5. The zero-order valence-electron chi connectivity index (χ0n) is 16.0. The van der Waals surface area contributed by atoms with Crippen LogP contribution in [-0.4, -0.2) is 85.5 Å². The molecule has 1 aromatic heterocycles. The Morgan fingerprint density at radius 2 is 1.96 bits per heavy atom. The molecule has 1 atom stereocenters. The van der Waals surface area contributed by atoms with E-state index >= 15 is 0 Å². The van der Waals surface area contributed by atoms with Crippen molar-refractivity contribution in [1.29, 1.82) is 0 Å². The van der Waals surface area contributed by atoms with Crippen LogP contribution in [0.15, 0.2) is 28.3 Å². The first kappa shape index (κ1) is 20.6. The van der Waals surface area contributed by atoms with Gasteiger partial charge in [-0.15, -0.1) is 0 Å². The molecule has 0 spiro atoms. The quantitative estimate of drug-likeness (QED) is 0.680. The Kier molecular flexibility index (Phi) is 6.78. The Labute approximate surface area is 166 Å². The summed E-state index contributed by atoms with van der Waals surface area (Å²) >= 11 is 1.36. The molecule has 150 valence electrons. The van der Waals surface area contributed by atoms with Gasteiger partial charge in [-0.2, -0.15) is 4.31 Å². The number of sulfonamides is 1. The lowest BCUT2D eigenvalue weighted by Gasteiger charge is -2.31. The molecular weight excluding hydrogens is 384 g/mol. The fourth-order valence-electron chi connectivity index (χ4n) is 3.43. The van der Waals surface area contributed by atoms with Crippen LogP contribution in [0.5, 0.6) is 0 Å². The number of hydrogen-bond donors (Lipinski definition) is 0. The second-order valence-electron chi connectivity index (χ2n) is 7.42. The summed E-state index contributed by atoms with van der Waals surface area (Å²) in [6.45, 7) is 6.30. The number of pyridine rings is 1. The number of aromatic nitrogens is 1. The van der Waals surface area contributed by atoms with Crippen molar-refractivity contribution in [3.8, 4) is 0 Å². The average Bonchev–Trinajstić information content (AvgIpc) is 2.67. The summed E-state index contributed by atoms with van der Waals surface area (Å²) in [5, 5.41) is 0.672. The molecule has 3 rings (SSSR count). The number of nitrogens with zero attached hydrogens (tertiary/aromatic N) is 4. The van der Waals surface area contributed by atoms with E-state index in [0.29, 0.717) is 29.8 Å². The summed E-state index contributed by atoms with van der Waals surface area (Å²) < 4.78 is 26.9. The molecule has 1 unspecified atom stereocenters. The third-order valence-electron chi connectivity index (χ3n) is 5.16. The summed E-state index contributed by atoms with van der Waals surface area (Å²) in [6.07, 6.45) is 3.65. The number of carbonyl (C=O) groups excluding carboxylic acids is 1. The van der Waals surface area contributed by atoms with Gasteiger partial charge in [0.1, 0.15) is 4.90 Å². The molecular formula is C18H28N4O3S2. The molecule has 0 bridgehead atoms. The van der Waals surface area contributed by atoms with E-state index in [4.69, 9.17) is 0 Å². The minimum atomic E-state index is -3.50. The molecule has 2 aliphatic heterocycles. The third kappa shape index (κ3) is 5.22. The second-order valence-corrected chi connectivity index (χ2v) is 10.3. The molecule has 2 aliphatic rings. The fraction of sp³-hybridized carbons (Fsp3) is 0.667. The molecule has 3 heterocycles. The standard InChI is InChI=1S/C18H28N4O3S2/c1-15-4-3-7-21(13-15)18(23)14-26-17-6-5-16(12-19-17)27(24,25)22-10-8-20(2)9-11-22/h5-6,12,15H,3-4,7-11,13-14H2,1-2H3. The lowest BCUT2D eigenvalue weighted by molar-refractivity contribution is -0.130. The SMILES string of the molecule is CC1CCCN(C(=O)CSc2ccc(S(=O)(=O)N3CCN(C)CC3)cn2)C1. The number of carbonyl (C=O) groups is 1. The summed E-state index contributed by atoms with van der Waals surface area (Å²) in [5.74, 6) is 1.02. The molecule has 7 nitrogen and oxygen atoms in total. The van der Waals surface area contributed by atoms with Gasteiger partial charge in [0.25, 0.3) is 0 Å². The zero-order chi connectivity index (χ0) is 19.4. The van der Waals surface area contributed by atoms with Gasteiger partial charge >= 0.3 is 0 Å². The van der Waals surface area contributed by atoms with Gasteiger partial charge in [0, 0.05) is 45.5 Å². The molecule has 0 aliphatic carbocycles. The normalized spacial score (nSPS) is 22.7. The van der Waals surface area contributed by atoms with Crippen molar-refractivity contribution in [2.45, 2.75) is 29.7 Å². The van der Waals surface area contributed by atoms with Crippen molar-refractivity contribution in [2.24, 2.45) is 5.92 Å². The molecule has 1 aromatic rings. The van der Waals surface area contributed by atoms with Crippen LogP contribution in [0.25, 0.3) is 0 Å². The van der Waals surface area contributed by atoms with E-state index in [2.05, 4.69) is 16.8 Å². The molecule has 0 radical (unpaired) electrons. The number of likely N-dealkylation sites (N-methyl/N-ethyl adjacent to an activating group) is 1. The minimum absolute atomic E-state index is 0.127. The Morgan fingerprint density at radius 3 is 2.59 bits per heavy atom. The van der Waals surface area contributed by atoms with Gasteiger partial charge in [0.2, 0.25) is 15.9 Å². The van der Waals surface area contributed by atoms with E-state index < -0.39 is 10.0 Å². The minimum Gasteiger partial charge on any atom is -0.342 e. The number of likely N-dealkylation sites (tertiary alicyclic amines) is 1. The van der Waals surface area contributed by atoms with Gasteiger partial charge < -0.3 is 9.80 Å². The molecule has 1 amide bonds. The van der Waals surface area contributed by atoms with Gasteiger partial charge in [-0.3, -0.25) is 4.79 Å². The van der Waals surface area contributed by atoms with Crippen LogP contribution in [0.3, 0.4) is 0 Å². The van der Waals surface area contributed by atoms with Gasteiger partial charge in [0.15, 0.2) is 0 Å². The molecule has 0 N–H and O–H groups in total. The van der Waals surface area contributed by atoms with Crippen molar-refractivity contribution in [3.05, 3.63) is 18.3 Å². The maximum Gasteiger partial charge on any atom is 0.244 e. The van der Waals surface area contributed by atoms with Crippen LogP contribution >= 0.6 is 11.8 Å². The highest BCUT2D eigenvalue weighted by Crippen LogP contribution is 2.22. The Morgan fingerprint density at radius 1 is 1.22 bits per heavy atom. The van der Waals surface area contributed by atoms with Crippen LogP contribution in [0.2, 0.25) is 0 Å². The van der Waals surface area contributed by atoms with Crippen LogP contribution in [0.1, 0.15) is 19.8 Å². The molecule has 27 heavy (non-hydrogen) atoms.